The van der Waals surface area contributed by atoms with Gasteiger partial charge < -0.3 is 80.1 Å². The van der Waals surface area contributed by atoms with E-state index >= 15 is 0 Å². The molecule has 6 aliphatic rings. The van der Waals surface area contributed by atoms with E-state index in [0.29, 0.717) is 44.7 Å². The van der Waals surface area contributed by atoms with Gasteiger partial charge in [0, 0.05) is 0 Å². The van der Waals surface area contributed by atoms with Crippen LogP contribution in [0.15, 0.2) is 111 Å². The molecule has 2 aromatic carbocycles. The zero-order valence-corrected chi connectivity index (χ0v) is 83.8. The number of nitrogens with two attached hydrogens (primary N) is 4. The number of esters is 4. The predicted molar refractivity (Wildman–Crippen MR) is 497 cm³/mol. The molecule has 16 rings (SSSR count). The first-order chi connectivity index (χ1) is 64.8. The topological polar surface area (TPSA) is 651 Å². The molecule has 752 valence electrons. The first-order valence-electron chi connectivity index (χ1n) is 43.1. The highest BCUT2D eigenvalue weighted by molar-refractivity contribution is 7.53. The zero-order valence-electron chi connectivity index (χ0n) is 77.2. The molecule has 0 bridgehead atoms. The molecular weight excluding hydrogens is 1980 g/mol. The highest BCUT2D eigenvalue weighted by Crippen LogP contribution is 2.61. The average molecular weight is 2090 g/mol. The molecule has 0 amide bonds. The van der Waals surface area contributed by atoms with E-state index < -0.39 is 185 Å². The Kier molecular flexibility index (Phi) is 33.0. The number of aromatic nitrogens is 16. The average Bonchev–Trinajstić information content (AvgIpc) is 1.57. The van der Waals surface area contributed by atoms with Gasteiger partial charge in [-0.05, 0) is 135 Å². The summed E-state index contributed by atoms with van der Waals surface area (Å²) in [5.41, 5.74) is 26.6. The molecule has 0 aliphatic carbocycles. The van der Waals surface area contributed by atoms with E-state index in [1.807, 2.05) is 0 Å². The number of aliphatic hydroxyl groups is 2. The maximum atomic E-state index is 13.8. The summed E-state index contributed by atoms with van der Waals surface area (Å²) in [5.74, 6) is -1.13. The number of ether oxygens (including phenoxy) is 8. The molecule has 0 spiro atoms. The molecule has 6 fully saturated rings. The minimum atomic E-state index is -4.18. The fourth-order valence-corrected chi connectivity index (χ4v) is 22.9. The fourth-order valence-electron chi connectivity index (χ4n) is 15.0. The van der Waals surface area contributed by atoms with Gasteiger partial charge in [0.05, 0.1) is 76.2 Å². The van der Waals surface area contributed by atoms with Crippen molar-refractivity contribution in [3.05, 3.63) is 111 Å². The van der Waals surface area contributed by atoms with E-state index in [2.05, 4.69) is 80.2 Å². The summed E-state index contributed by atoms with van der Waals surface area (Å²) in [6, 6.07) is 12.7. The number of benzene rings is 2. The molecule has 0 radical (unpaired) electrons. The van der Waals surface area contributed by atoms with Crippen molar-refractivity contribution in [3.63, 3.8) is 0 Å². The summed E-state index contributed by atoms with van der Waals surface area (Å²) < 4.78 is 150. The summed E-state index contributed by atoms with van der Waals surface area (Å²) in [6.45, 7) is 25.3. The molecule has 24 atom stereocenters. The number of carbonyl (C=O) groups is 4. The Balaban J connectivity index is 0.000000156. The summed E-state index contributed by atoms with van der Waals surface area (Å²) in [7, 11) is -16.1. The Morgan fingerprint density at radius 1 is 0.428 bits per heavy atom. The lowest BCUT2D eigenvalue weighted by Gasteiger charge is -2.36. The number of hydrogen-bond donors (Lipinski definition) is 10. The summed E-state index contributed by atoms with van der Waals surface area (Å²) in [5, 5.41) is 32.4. The first-order valence-corrected chi connectivity index (χ1v) is 50.8. The third-order valence-electron chi connectivity index (χ3n) is 21.7. The molecule has 6 aliphatic heterocycles. The molecule has 6 saturated heterocycles. The Labute approximate surface area is 809 Å². The van der Waals surface area contributed by atoms with Crippen molar-refractivity contribution in [2.24, 2.45) is 0 Å². The number of rotatable bonds is 30. The number of nitrogen functional groups attached to an aromatic ring is 4. The number of carbonyl (C=O) groups excluding carboxylic acids is 4. The Hall–Kier alpha value is -9.24. The number of nitrogens with zero attached hydrogens (tertiary/aromatic N) is 16. The largest absolute Gasteiger partial charge is 0.462 e. The highest BCUT2D eigenvalue weighted by atomic mass is 35.5. The van der Waals surface area contributed by atoms with E-state index in [0.717, 1.165) is 0 Å². The van der Waals surface area contributed by atoms with Crippen LogP contribution in [0.3, 0.4) is 0 Å². The van der Waals surface area contributed by atoms with Crippen LogP contribution in [0.1, 0.15) is 136 Å². The van der Waals surface area contributed by atoms with Gasteiger partial charge in [-0.25, -0.2) is 88.2 Å². The van der Waals surface area contributed by atoms with Crippen molar-refractivity contribution < 1.29 is 122 Å². The van der Waals surface area contributed by atoms with Crippen LogP contribution in [0.25, 0.3) is 44.7 Å². The number of para-hydroxylation sites is 2. The fraction of sp³-hybridized carbons (Fsp3) is 0.550. The van der Waals surface area contributed by atoms with Gasteiger partial charge in [-0.15, -0.1) is 46.4 Å². The molecule has 14 heterocycles. The standard InChI is InChI=1S/2C23H30ClN6O7P.2C17H24ClN6O6P/c2*1-13(2)35-21(32)14(3)29-38(33,37-15-8-6-5-7-9-15)34-10-16-18(31)23(4,24)22(36-16)30-12-28-17-19(25)26-11-27-20(17)30;2*1-8(2)28-15(25)9(3)23-31(26)27-5-10-12(30-31)17(4,18)16(29-10)24-7-22-11-13(19)20-6-21-14(11)24/h2*5-9,11-14,16,18,22,31H,10H2,1-4H3,(H,29,33)(H2,25,26,27);2*6-10,12,16H,5H2,1-4H3,(H,23,26)(H2,19,20,21)/t14?,16-,18-,22-,23-,38?;14-,16-,18-,22-,23-,38?;9-,10+,12+,16+,17+,31+;9-,10+,12+,16+,17+,31-/m1100/s1. The maximum absolute atomic E-state index is 13.8. The zero-order chi connectivity index (χ0) is 100. The monoisotopic (exact) mass is 2080 g/mol. The van der Waals surface area contributed by atoms with E-state index in [4.69, 9.17) is 143 Å². The van der Waals surface area contributed by atoms with Crippen molar-refractivity contribution in [2.75, 3.05) is 49.4 Å². The quantitative estimate of drug-likeness (QED) is 0.00867. The number of aliphatic hydroxyl groups excluding tert-OH is 2. The Morgan fingerprint density at radius 2 is 0.696 bits per heavy atom. The lowest BCUT2D eigenvalue weighted by atomic mass is 10.0. The van der Waals surface area contributed by atoms with Crippen molar-refractivity contribution in [3.8, 4) is 11.5 Å². The number of hydrogen-bond acceptors (Lipinski definition) is 42. The van der Waals surface area contributed by atoms with Crippen molar-refractivity contribution in [2.45, 2.75) is 253 Å². The van der Waals surface area contributed by atoms with Crippen molar-refractivity contribution in [1.29, 1.82) is 0 Å². The van der Waals surface area contributed by atoms with Crippen LogP contribution in [-0.2, 0) is 102 Å². The van der Waals surface area contributed by atoms with Gasteiger partial charge in [-0.3, -0.25) is 64.6 Å². The minimum absolute atomic E-state index is 0.0521. The third kappa shape index (κ3) is 23.7. The van der Waals surface area contributed by atoms with Crippen LogP contribution in [-0.4, -0.2) is 256 Å². The van der Waals surface area contributed by atoms with Crippen LogP contribution < -0.4 is 52.3 Å². The number of anilines is 4. The van der Waals surface area contributed by atoms with Gasteiger partial charge in [0.1, 0.15) is 151 Å². The van der Waals surface area contributed by atoms with Gasteiger partial charge in [-0.2, -0.15) is 10.2 Å². The number of imidazole rings is 4. The van der Waals surface area contributed by atoms with Gasteiger partial charge >= 0.3 is 54.9 Å². The van der Waals surface area contributed by atoms with Crippen molar-refractivity contribution in [1.82, 2.24) is 98.4 Å². The van der Waals surface area contributed by atoms with Crippen LogP contribution >= 0.6 is 77.4 Å². The second kappa shape index (κ2) is 42.9. The number of alkyl halides is 4. The van der Waals surface area contributed by atoms with E-state index in [9.17, 15) is 47.7 Å². The molecule has 8 aromatic heterocycles. The van der Waals surface area contributed by atoms with Crippen LogP contribution in [0.4, 0.5) is 23.3 Å². The van der Waals surface area contributed by atoms with Crippen LogP contribution in [0.2, 0.25) is 0 Å². The summed E-state index contributed by atoms with van der Waals surface area (Å²) >= 11 is 27.2. The van der Waals surface area contributed by atoms with E-state index in [-0.39, 0.29) is 72.4 Å². The number of fused-ring (bicyclic) bond motifs is 6. The Bertz CT molecular complexity index is 5830. The number of halogens is 4. The predicted octanol–water partition coefficient (Wildman–Crippen LogP) is 9.11. The second-order valence-corrected chi connectivity index (χ2v) is 44.4. The second-order valence-electron chi connectivity index (χ2n) is 34.3. The molecule has 14 N–H and O–H groups in total. The van der Waals surface area contributed by atoms with Gasteiger partial charge in [0.15, 0.2) is 70.8 Å². The molecule has 138 heavy (non-hydrogen) atoms. The van der Waals surface area contributed by atoms with Crippen LogP contribution in [0, 0.1) is 0 Å². The third-order valence-corrected chi connectivity index (χ3v) is 30.0. The smallest absolute Gasteiger partial charge is 0.459 e. The lowest BCUT2D eigenvalue weighted by molar-refractivity contribution is -0.150. The van der Waals surface area contributed by atoms with Gasteiger partial charge in [0.25, 0.3) is 0 Å². The minimum Gasteiger partial charge on any atom is -0.462 e. The molecule has 10 aromatic rings. The summed E-state index contributed by atoms with van der Waals surface area (Å²) in [6.07, 6.45) is -1.13. The maximum Gasteiger partial charge on any atom is 0.459 e. The molecule has 3 unspecified atom stereocenters. The highest BCUT2D eigenvalue weighted by Gasteiger charge is 2.63. The van der Waals surface area contributed by atoms with Crippen LogP contribution in [0.5, 0.6) is 11.5 Å². The normalized spacial score (nSPS) is 29.5. The Morgan fingerprint density at radius 3 is 0.971 bits per heavy atom. The summed E-state index contributed by atoms with van der Waals surface area (Å²) in [4.78, 5) is 93.3. The molecular formula is C80H108Cl4N24O26P4. The van der Waals surface area contributed by atoms with E-state index in [1.54, 1.807) is 153 Å². The van der Waals surface area contributed by atoms with Gasteiger partial charge in [-0.1, -0.05) is 36.4 Å². The van der Waals surface area contributed by atoms with Crippen molar-refractivity contribution >= 4 is 169 Å². The molecule has 0 saturated carbocycles. The lowest BCUT2D eigenvalue weighted by Crippen LogP contribution is -2.47. The first kappa shape index (κ1) is 106. The molecule has 58 heteroatoms. The molecule has 50 nitrogen and oxygen atoms in total. The van der Waals surface area contributed by atoms with Gasteiger partial charge in [0.2, 0.25) is 0 Å². The number of nitrogens with one attached hydrogen (secondary N) is 4. The SMILES string of the molecule is CC(C)OC(=O)C(C)NP(=O)(OC[C@H]1O[C@@H](n2cnc3c(N)ncnc32)[C@](C)(Cl)[C@@H]1O)Oc1ccccc1.CC(C)OC(=O)[C@@H](C)NP(=O)(OC[C@H]1O[C@@H](n2cnc3c(N)ncnc32)[C@](C)(Cl)[C@@H]1O)Oc1ccccc1.CC(C)OC(=O)[C@H](C)N[P@@]1(=O)OC[C@H]2O[C@@H](n3cnc4c(N)ncnc43)[C@](C)(Cl)[C@@H]2O1.CC(C)OC(=O)[C@H](C)N[P@]1(=O)OC[C@H]2O[C@@H](n3cnc4c(N)ncnc43)[C@](C)(Cl)[C@@H]2O1. The van der Waals surface area contributed by atoms with E-state index in [1.165, 1.54) is 87.4 Å².